The van der Waals surface area contributed by atoms with Crippen molar-refractivity contribution in [2.24, 2.45) is 5.92 Å². The van der Waals surface area contributed by atoms with Gasteiger partial charge < -0.3 is 15.4 Å². The lowest BCUT2D eigenvalue weighted by atomic mass is 9.82. The number of aromatic nitrogens is 2. The van der Waals surface area contributed by atoms with Crippen molar-refractivity contribution < 1.29 is 4.74 Å². The Kier molecular flexibility index (Phi) is 4.07. The Labute approximate surface area is 137 Å². The van der Waals surface area contributed by atoms with Crippen molar-refractivity contribution in [3.63, 3.8) is 0 Å². The fourth-order valence-electron chi connectivity index (χ4n) is 4.29. The number of nitrogen functional groups attached to an aromatic ring is 1. The van der Waals surface area contributed by atoms with Crippen molar-refractivity contribution in [3.8, 4) is 0 Å². The molecule has 0 aromatic carbocycles. The number of allylic oxidation sites excluding steroid dienone is 2. The number of piperidine rings is 1. The molecule has 0 amide bonds. The third kappa shape index (κ3) is 3.00. The van der Waals surface area contributed by atoms with Gasteiger partial charge in [0.2, 0.25) is 5.95 Å². The van der Waals surface area contributed by atoms with Gasteiger partial charge in [0.25, 0.3) is 0 Å². The smallest absolute Gasteiger partial charge is 0.220 e. The van der Waals surface area contributed by atoms with Crippen LogP contribution in [0.5, 0.6) is 0 Å². The van der Waals surface area contributed by atoms with Crippen LogP contribution in [0.4, 0.5) is 5.95 Å². The number of likely N-dealkylation sites (tertiary alicyclic amines) is 1. The first-order valence-electron chi connectivity index (χ1n) is 8.88. The van der Waals surface area contributed by atoms with E-state index in [0.717, 1.165) is 50.6 Å². The molecule has 0 saturated carbocycles. The summed E-state index contributed by atoms with van der Waals surface area (Å²) in [6.45, 7) is 4.17. The average molecular weight is 314 g/mol. The predicted molar refractivity (Wildman–Crippen MR) is 89.9 cm³/mol. The van der Waals surface area contributed by atoms with Crippen LogP contribution in [-0.4, -0.2) is 41.1 Å². The topological polar surface area (TPSA) is 64.3 Å². The van der Waals surface area contributed by atoms with Crippen LogP contribution >= 0.6 is 0 Å². The summed E-state index contributed by atoms with van der Waals surface area (Å²) in [5.74, 6) is 1.19. The maximum Gasteiger partial charge on any atom is 0.220 e. The maximum absolute atomic E-state index is 6.24. The normalized spacial score (nSPS) is 27.0. The van der Waals surface area contributed by atoms with E-state index < -0.39 is 0 Å². The quantitative estimate of drug-likeness (QED) is 0.849. The summed E-state index contributed by atoms with van der Waals surface area (Å²) in [6, 6.07) is 0. The van der Waals surface area contributed by atoms with Gasteiger partial charge in [-0.2, -0.15) is 0 Å². The number of ether oxygens (including phenoxy) is 1. The van der Waals surface area contributed by atoms with Crippen LogP contribution < -0.4 is 5.73 Å². The molecule has 23 heavy (non-hydrogen) atoms. The third-order valence-electron chi connectivity index (χ3n) is 5.62. The molecule has 0 radical (unpaired) electrons. The van der Waals surface area contributed by atoms with Crippen molar-refractivity contribution in [2.75, 3.05) is 32.0 Å². The van der Waals surface area contributed by atoms with Gasteiger partial charge in [-0.25, -0.2) is 9.97 Å². The highest BCUT2D eigenvalue weighted by Gasteiger charge is 2.42. The Morgan fingerprint density at radius 3 is 2.96 bits per heavy atom. The second kappa shape index (κ2) is 6.21. The van der Waals surface area contributed by atoms with Crippen LogP contribution in [0, 0.1) is 5.92 Å². The van der Waals surface area contributed by atoms with Gasteiger partial charge in [0.1, 0.15) is 5.60 Å². The Balaban J connectivity index is 1.45. The third-order valence-corrected chi connectivity index (χ3v) is 5.62. The number of hydrogen-bond acceptors (Lipinski definition) is 5. The molecular formula is C18H26N4O. The van der Waals surface area contributed by atoms with Gasteiger partial charge in [-0.05, 0) is 50.0 Å². The van der Waals surface area contributed by atoms with Crippen LogP contribution in [-0.2, 0) is 16.8 Å². The lowest BCUT2D eigenvalue weighted by molar-refractivity contribution is -0.102. The number of fused-ring (bicyclic) bond motifs is 2. The van der Waals surface area contributed by atoms with Gasteiger partial charge in [-0.3, -0.25) is 0 Å². The lowest BCUT2D eigenvalue weighted by Crippen LogP contribution is -2.48. The van der Waals surface area contributed by atoms with Gasteiger partial charge in [0.05, 0.1) is 12.3 Å². The minimum Gasteiger partial charge on any atom is -0.368 e. The molecule has 3 aliphatic rings. The van der Waals surface area contributed by atoms with E-state index in [9.17, 15) is 0 Å². The van der Waals surface area contributed by atoms with Gasteiger partial charge in [0, 0.05) is 25.8 Å². The van der Waals surface area contributed by atoms with Crippen molar-refractivity contribution in [1.82, 2.24) is 14.9 Å². The summed E-state index contributed by atoms with van der Waals surface area (Å²) in [6.07, 6.45) is 13.3. The zero-order chi connectivity index (χ0) is 15.7. The van der Waals surface area contributed by atoms with Crippen molar-refractivity contribution in [2.45, 2.75) is 44.1 Å². The van der Waals surface area contributed by atoms with E-state index in [0.29, 0.717) is 5.95 Å². The summed E-state index contributed by atoms with van der Waals surface area (Å²) in [5, 5.41) is 0. The molecule has 4 rings (SSSR count). The van der Waals surface area contributed by atoms with E-state index in [1.165, 1.54) is 31.4 Å². The summed E-state index contributed by atoms with van der Waals surface area (Å²) < 4.78 is 6.24. The Morgan fingerprint density at radius 2 is 2.17 bits per heavy atom. The molecule has 1 aromatic heterocycles. The number of nitrogens with zero attached hydrogens (tertiary/aromatic N) is 3. The summed E-state index contributed by atoms with van der Waals surface area (Å²) in [5.41, 5.74) is 7.87. The van der Waals surface area contributed by atoms with Gasteiger partial charge >= 0.3 is 0 Å². The molecule has 0 bridgehead atoms. The Hall–Kier alpha value is -1.46. The molecule has 1 saturated heterocycles. The minimum absolute atomic E-state index is 0.229. The molecule has 5 heteroatoms. The predicted octanol–water partition coefficient (Wildman–Crippen LogP) is 2.28. The van der Waals surface area contributed by atoms with E-state index >= 15 is 0 Å². The molecule has 1 fully saturated rings. The number of anilines is 1. The second-order valence-electron chi connectivity index (χ2n) is 7.15. The van der Waals surface area contributed by atoms with E-state index in [1.807, 2.05) is 6.20 Å². The molecule has 5 nitrogen and oxygen atoms in total. The van der Waals surface area contributed by atoms with Gasteiger partial charge in [-0.15, -0.1) is 0 Å². The van der Waals surface area contributed by atoms with Crippen molar-refractivity contribution >= 4 is 5.95 Å². The molecule has 124 valence electrons. The maximum atomic E-state index is 6.24. The zero-order valence-corrected chi connectivity index (χ0v) is 13.7. The van der Waals surface area contributed by atoms with Crippen LogP contribution in [0.2, 0.25) is 0 Å². The highest BCUT2D eigenvalue weighted by Crippen LogP contribution is 2.40. The highest BCUT2D eigenvalue weighted by atomic mass is 16.5. The van der Waals surface area contributed by atoms with E-state index in [4.69, 9.17) is 10.5 Å². The van der Waals surface area contributed by atoms with Crippen molar-refractivity contribution in [1.29, 1.82) is 0 Å². The molecular weight excluding hydrogens is 288 g/mol. The summed E-state index contributed by atoms with van der Waals surface area (Å²) in [4.78, 5) is 11.3. The standard InChI is InChI=1S/C18H26N4O/c19-17-20-12-15-6-11-23-18(16(15)21-17)7-9-22(10-8-18)13-14-4-2-1-3-5-14/h1-2,12,14H,3-11,13H2,(H2,19,20,21). The summed E-state index contributed by atoms with van der Waals surface area (Å²) in [7, 11) is 0. The first-order chi connectivity index (χ1) is 11.3. The minimum atomic E-state index is -0.229. The van der Waals surface area contributed by atoms with E-state index in [-0.39, 0.29) is 5.60 Å². The lowest BCUT2D eigenvalue weighted by Gasteiger charge is -2.44. The first kappa shape index (κ1) is 15.1. The van der Waals surface area contributed by atoms with Gasteiger partial charge in [-0.1, -0.05) is 12.2 Å². The molecule has 1 spiro atoms. The molecule has 1 unspecified atom stereocenters. The SMILES string of the molecule is Nc1ncc2c(n1)C1(CCN(CC3CC=CCC3)CC1)OCC2. The fraction of sp³-hybridized carbons (Fsp3) is 0.667. The number of nitrogens with two attached hydrogens (primary N) is 1. The van der Waals surface area contributed by atoms with E-state index in [2.05, 4.69) is 27.0 Å². The number of hydrogen-bond donors (Lipinski definition) is 1. The summed E-state index contributed by atoms with van der Waals surface area (Å²) >= 11 is 0. The largest absolute Gasteiger partial charge is 0.368 e. The van der Waals surface area contributed by atoms with Crippen molar-refractivity contribution in [3.05, 3.63) is 29.6 Å². The molecule has 3 heterocycles. The van der Waals surface area contributed by atoms with Crippen LogP contribution in [0.25, 0.3) is 0 Å². The number of rotatable bonds is 2. The highest BCUT2D eigenvalue weighted by molar-refractivity contribution is 5.32. The average Bonchev–Trinajstić information content (AvgIpc) is 2.59. The zero-order valence-electron chi connectivity index (χ0n) is 13.7. The Bertz CT molecular complexity index is 593. The van der Waals surface area contributed by atoms with Crippen LogP contribution in [0.15, 0.2) is 18.3 Å². The molecule has 1 aliphatic carbocycles. The van der Waals surface area contributed by atoms with Crippen LogP contribution in [0.3, 0.4) is 0 Å². The molecule has 1 atom stereocenters. The second-order valence-corrected chi connectivity index (χ2v) is 7.15. The fourth-order valence-corrected chi connectivity index (χ4v) is 4.29. The molecule has 1 aromatic rings. The molecule has 2 N–H and O–H groups in total. The first-order valence-corrected chi connectivity index (χ1v) is 8.88. The van der Waals surface area contributed by atoms with E-state index in [1.54, 1.807) is 0 Å². The Morgan fingerprint density at radius 1 is 1.30 bits per heavy atom. The van der Waals surface area contributed by atoms with Gasteiger partial charge in [0.15, 0.2) is 0 Å². The molecule has 2 aliphatic heterocycles. The monoisotopic (exact) mass is 314 g/mol. The van der Waals surface area contributed by atoms with Crippen LogP contribution in [0.1, 0.15) is 43.4 Å².